The van der Waals surface area contributed by atoms with Gasteiger partial charge in [0.05, 0.1) is 0 Å². The average molecular weight is 152 g/mol. The number of hydrazine groups is 1. The predicted molar refractivity (Wildman–Crippen MR) is 34.9 cm³/mol. The standard InChI is InChI=1S/C5H6N5O/c1-5-2-8-10(11-5)9-3-6-7-4-9/h3-4,8H,1H3. The molecule has 6 heteroatoms. The van der Waals surface area contributed by atoms with Crippen LogP contribution in [0.4, 0.5) is 0 Å². The van der Waals surface area contributed by atoms with Crippen molar-refractivity contribution in [1.29, 1.82) is 0 Å². The van der Waals surface area contributed by atoms with Gasteiger partial charge in [-0.05, 0) is 12.2 Å². The maximum absolute atomic E-state index is 5.12. The van der Waals surface area contributed by atoms with Gasteiger partial charge in [-0.2, -0.15) is 4.68 Å². The second kappa shape index (κ2) is 2.15. The van der Waals surface area contributed by atoms with Crippen LogP contribution in [0.2, 0.25) is 0 Å². The minimum Gasteiger partial charge on any atom is -0.346 e. The molecule has 0 aromatic carbocycles. The van der Waals surface area contributed by atoms with Crippen molar-refractivity contribution < 1.29 is 4.84 Å². The first-order valence-corrected chi connectivity index (χ1v) is 3.04. The van der Waals surface area contributed by atoms with Gasteiger partial charge in [0, 0.05) is 0 Å². The summed E-state index contributed by atoms with van der Waals surface area (Å²) in [6.45, 7) is 1.79. The summed E-state index contributed by atoms with van der Waals surface area (Å²) in [5.41, 5.74) is 2.72. The first-order chi connectivity index (χ1) is 5.36. The highest BCUT2D eigenvalue weighted by Crippen LogP contribution is 2.02. The van der Waals surface area contributed by atoms with E-state index >= 15 is 0 Å². The second-order valence-corrected chi connectivity index (χ2v) is 2.00. The molecule has 0 spiro atoms. The van der Waals surface area contributed by atoms with Crippen LogP contribution in [-0.4, -0.2) is 14.9 Å². The summed E-state index contributed by atoms with van der Waals surface area (Å²) in [6.07, 6.45) is 5.77. The Morgan fingerprint density at radius 1 is 1.55 bits per heavy atom. The van der Waals surface area contributed by atoms with E-state index in [0.29, 0.717) is 5.76 Å². The topological polar surface area (TPSA) is 55.2 Å². The highest BCUT2D eigenvalue weighted by Gasteiger charge is 2.12. The van der Waals surface area contributed by atoms with Gasteiger partial charge in [-0.15, -0.1) is 10.2 Å². The van der Waals surface area contributed by atoms with Gasteiger partial charge < -0.3 is 4.84 Å². The minimum atomic E-state index is 0.665. The van der Waals surface area contributed by atoms with Gasteiger partial charge in [0.15, 0.2) is 5.76 Å². The molecule has 0 fully saturated rings. The maximum atomic E-state index is 5.12. The number of nitrogens with zero attached hydrogens (tertiary/aromatic N) is 4. The fourth-order valence-electron chi connectivity index (χ4n) is 0.696. The van der Waals surface area contributed by atoms with E-state index in [9.17, 15) is 0 Å². The highest BCUT2D eigenvalue weighted by molar-refractivity contribution is 4.90. The molecule has 1 aliphatic heterocycles. The molecule has 11 heavy (non-hydrogen) atoms. The summed E-state index contributed by atoms with van der Waals surface area (Å²) in [7, 11) is 0. The molecule has 0 unspecified atom stereocenters. The normalized spacial score (nSPS) is 15.7. The molecule has 0 saturated carbocycles. The summed E-state index contributed by atoms with van der Waals surface area (Å²) in [4.78, 5) is 5.12. The lowest BCUT2D eigenvalue weighted by molar-refractivity contribution is 0.122. The molecule has 2 heterocycles. The largest absolute Gasteiger partial charge is 0.346 e. The van der Waals surface area contributed by atoms with Crippen LogP contribution in [-0.2, 0) is 4.84 Å². The lowest BCUT2D eigenvalue weighted by Crippen LogP contribution is -2.38. The van der Waals surface area contributed by atoms with Crippen molar-refractivity contribution in [1.82, 2.24) is 20.3 Å². The van der Waals surface area contributed by atoms with Crippen molar-refractivity contribution in [2.45, 2.75) is 6.92 Å². The molecule has 6 nitrogen and oxygen atoms in total. The average Bonchev–Trinajstić information content (AvgIpc) is 2.55. The van der Waals surface area contributed by atoms with Crippen LogP contribution in [0.15, 0.2) is 18.4 Å². The molecule has 1 radical (unpaired) electrons. The van der Waals surface area contributed by atoms with Crippen molar-refractivity contribution >= 4 is 0 Å². The smallest absolute Gasteiger partial charge is 0.161 e. The quantitative estimate of drug-likeness (QED) is 0.578. The molecule has 0 amide bonds. The lowest BCUT2D eigenvalue weighted by atomic mass is 10.6. The number of hydrogen-bond acceptors (Lipinski definition) is 5. The van der Waals surface area contributed by atoms with Crippen LogP contribution in [0.5, 0.6) is 0 Å². The molecule has 0 aliphatic carbocycles. The zero-order chi connectivity index (χ0) is 7.68. The third-order valence-corrected chi connectivity index (χ3v) is 1.17. The highest BCUT2D eigenvalue weighted by atomic mass is 16.8. The lowest BCUT2D eigenvalue weighted by Gasteiger charge is -2.15. The number of hydrogen-bond donors (Lipinski definition) is 1. The van der Waals surface area contributed by atoms with Gasteiger partial charge in [-0.25, -0.2) is 5.43 Å². The fraction of sp³-hybridized carbons (Fsp3) is 0.200. The van der Waals surface area contributed by atoms with E-state index in [-0.39, 0.29) is 0 Å². The molecule has 0 saturated heterocycles. The van der Waals surface area contributed by atoms with Crippen molar-refractivity contribution in [2.75, 3.05) is 5.28 Å². The van der Waals surface area contributed by atoms with Gasteiger partial charge in [0.25, 0.3) is 0 Å². The Balaban J connectivity index is 2.11. The Morgan fingerprint density at radius 2 is 2.27 bits per heavy atom. The van der Waals surface area contributed by atoms with Crippen LogP contribution in [0, 0.1) is 6.20 Å². The van der Waals surface area contributed by atoms with Crippen LogP contribution in [0.1, 0.15) is 6.92 Å². The van der Waals surface area contributed by atoms with Crippen LogP contribution < -0.4 is 10.7 Å². The Hall–Kier alpha value is -1.72. The van der Waals surface area contributed by atoms with Crippen LogP contribution >= 0.6 is 0 Å². The van der Waals surface area contributed by atoms with Crippen LogP contribution in [0.25, 0.3) is 0 Å². The molecule has 1 aliphatic rings. The molecule has 0 bridgehead atoms. The Kier molecular flexibility index (Phi) is 1.18. The number of nitrogens with one attached hydrogen (secondary N) is 1. The molecule has 2 rings (SSSR count). The monoisotopic (exact) mass is 152 g/mol. The zero-order valence-corrected chi connectivity index (χ0v) is 5.85. The van der Waals surface area contributed by atoms with E-state index in [1.54, 1.807) is 11.6 Å². The zero-order valence-electron chi connectivity index (χ0n) is 5.85. The van der Waals surface area contributed by atoms with Crippen molar-refractivity contribution in [2.24, 2.45) is 0 Å². The summed E-state index contributed by atoms with van der Waals surface area (Å²) < 4.78 is 1.55. The maximum Gasteiger partial charge on any atom is 0.161 e. The van der Waals surface area contributed by atoms with Crippen molar-refractivity contribution in [3.63, 3.8) is 0 Å². The predicted octanol–water partition coefficient (Wildman–Crippen LogP) is -0.670. The van der Waals surface area contributed by atoms with E-state index in [0.717, 1.165) is 0 Å². The SMILES string of the molecule is CC1=[C]NN(n2cnnc2)O1. The molecule has 0 atom stereocenters. The molecule has 1 aromatic rings. The number of allylic oxidation sites excluding steroid dienone is 1. The first-order valence-electron chi connectivity index (χ1n) is 3.04. The fourth-order valence-corrected chi connectivity index (χ4v) is 0.696. The molecular weight excluding hydrogens is 146 g/mol. The Bertz CT molecular complexity index is 266. The van der Waals surface area contributed by atoms with Gasteiger partial charge >= 0.3 is 0 Å². The number of rotatable bonds is 1. The molecular formula is C5H6N5O. The minimum absolute atomic E-state index is 0.665. The summed E-state index contributed by atoms with van der Waals surface area (Å²) in [5, 5.41) is 8.57. The van der Waals surface area contributed by atoms with Crippen molar-refractivity contribution in [3.05, 3.63) is 24.6 Å². The van der Waals surface area contributed by atoms with Crippen LogP contribution in [0.3, 0.4) is 0 Å². The number of aromatic nitrogens is 3. The van der Waals surface area contributed by atoms with Gasteiger partial charge in [0.1, 0.15) is 18.9 Å². The summed E-state index contributed by atoms with van der Waals surface area (Å²) in [6, 6.07) is 0. The van der Waals surface area contributed by atoms with Gasteiger partial charge in [0.2, 0.25) is 0 Å². The second-order valence-electron chi connectivity index (χ2n) is 2.00. The van der Waals surface area contributed by atoms with E-state index in [4.69, 9.17) is 4.84 Å². The van der Waals surface area contributed by atoms with Crippen molar-refractivity contribution in [3.8, 4) is 0 Å². The summed E-state index contributed by atoms with van der Waals surface area (Å²) >= 11 is 0. The Morgan fingerprint density at radius 3 is 2.82 bits per heavy atom. The third kappa shape index (κ3) is 0.977. The molecule has 1 aromatic heterocycles. The first kappa shape index (κ1) is 6.02. The molecule has 57 valence electrons. The van der Waals surface area contributed by atoms with Gasteiger partial charge in [-0.3, -0.25) is 0 Å². The van der Waals surface area contributed by atoms with E-state index < -0.39 is 0 Å². The van der Waals surface area contributed by atoms with E-state index in [1.807, 2.05) is 0 Å². The third-order valence-electron chi connectivity index (χ3n) is 1.17. The Labute approximate surface area is 63.0 Å². The van der Waals surface area contributed by atoms with E-state index in [1.165, 1.54) is 17.9 Å². The molecule has 1 N–H and O–H groups in total. The van der Waals surface area contributed by atoms with Gasteiger partial charge in [-0.1, -0.05) is 0 Å². The summed E-state index contributed by atoms with van der Waals surface area (Å²) in [5.74, 6) is 0.665. The van der Waals surface area contributed by atoms with E-state index in [2.05, 4.69) is 21.8 Å².